The summed E-state index contributed by atoms with van der Waals surface area (Å²) in [7, 11) is 1.74. The van der Waals surface area contributed by atoms with Crippen LogP contribution >= 0.6 is 0 Å². The Morgan fingerprint density at radius 2 is 1.78 bits per heavy atom. The number of hydrogen-bond donors (Lipinski definition) is 1. The highest BCUT2D eigenvalue weighted by Gasteiger charge is 2.10. The third-order valence-electron chi connectivity index (χ3n) is 3.08. The van der Waals surface area contributed by atoms with Crippen LogP contribution < -0.4 is 11.4 Å². The molecule has 1 unspecified atom stereocenters. The topological polar surface area (TPSA) is 52.9 Å². The van der Waals surface area contributed by atoms with E-state index in [-0.39, 0.29) is 11.7 Å². The highest BCUT2D eigenvalue weighted by molar-refractivity contribution is 5.30. The molecule has 1 aromatic heterocycles. The second kappa shape index (κ2) is 4.82. The van der Waals surface area contributed by atoms with Gasteiger partial charge in [0.05, 0.1) is 0 Å². The van der Waals surface area contributed by atoms with E-state index in [9.17, 15) is 4.79 Å². The van der Waals surface area contributed by atoms with E-state index >= 15 is 0 Å². The van der Waals surface area contributed by atoms with Crippen molar-refractivity contribution in [1.82, 2.24) is 9.13 Å². The Hall–Kier alpha value is -1.81. The number of hydrogen-bond acceptors (Lipinski definition) is 2. The molecule has 1 aromatic carbocycles. The van der Waals surface area contributed by atoms with E-state index in [1.165, 1.54) is 11.1 Å². The lowest BCUT2D eigenvalue weighted by molar-refractivity contribution is 0.554. The lowest BCUT2D eigenvalue weighted by Crippen LogP contribution is -2.27. The molecule has 0 radical (unpaired) electrons. The number of nitrogens with zero attached hydrogens (tertiary/aromatic N) is 2. The Balaban J connectivity index is 2.24. The van der Waals surface area contributed by atoms with Crippen molar-refractivity contribution in [3.63, 3.8) is 0 Å². The second-order valence-corrected chi connectivity index (χ2v) is 4.87. The van der Waals surface area contributed by atoms with Crippen LogP contribution in [0.15, 0.2) is 35.4 Å². The lowest BCUT2D eigenvalue weighted by atomic mass is 10.0. The summed E-state index contributed by atoms with van der Waals surface area (Å²) in [4.78, 5) is 11.7. The van der Waals surface area contributed by atoms with Crippen LogP contribution in [0.1, 0.15) is 22.7 Å². The number of benzene rings is 1. The van der Waals surface area contributed by atoms with Gasteiger partial charge in [-0.05, 0) is 19.4 Å². The summed E-state index contributed by atoms with van der Waals surface area (Å²) in [6, 6.07) is 6.10. The van der Waals surface area contributed by atoms with Crippen LogP contribution in [0.4, 0.5) is 0 Å². The van der Waals surface area contributed by atoms with Gasteiger partial charge in [0.1, 0.15) is 0 Å². The Morgan fingerprint density at radius 1 is 1.17 bits per heavy atom. The molecule has 4 nitrogen and oxygen atoms in total. The third kappa shape index (κ3) is 2.54. The number of nitrogens with two attached hydrogens (primary N) is 1. The zero-order valence-corrected chi connectivity index (χ0v) is 11.1. The molecule has 1 heterocycles. The summed E-state index contributed by atoms with van der Waals surface area (Å²) in [6.07, 6.45) is 3.52. The third-order valence-corrected chi connectivity index (χ3v) is 3.08. The standard InChI is InChI=1S/C14H19N3O/c1-10-6-11(2)8-12(7-10)13(15)9-17-5-4-16(3)14(17)18/h4-8,13H,9,15H2,1-3H3. The van der Waals surface area contributed by atoms with Crippen molar-refractivity contribution in [2.24, 2.45) is 12.8 Å². The van der Waals surface area contributed by atoms with Crippen molar-refractivity contribution in [3.05, 3.63) is 57.8 Å². The zero-order chi connectivity index (χ0) is 13.3. The van der Waals surface area contributed by atoms with Gasteiger partial charge >= 0.3 is 5.69 Å². The molecule has 0 aliphatic carbocycles. The number of rotatable bonds is 3. The van der Waals surface area contributed by atoms with Crippen molar-refractivity contribution < 1.29 is 0 Å². The molecule has 1 atom stereocenters. The Bertz CT molecular complexity index is 589. The number of imidazole rings is 1. The minimum Gasteiger partial charge on any atom is -0.322 e. The van der Waals surface area contributed by atoms with Crippen molar-refractivity contribution in [1.29, 1.82) is 0 Å². The molecule has 0 fully saturated rings. The summed E-state index contributed by atoms with van der Waals surface area (Å²) in [5, 5.41) is 0. The molecule has 2 N–H and O–H groups in total. The molecule has 0 saturated heterocycles. The van der Waals surface area contributed by atoms with Gasteiger partial charge < -0.3 is 10.3 Å². The van der Waals surface area contributed by atoms with E-state index in [1.54, 1.807) is 28.6 Å². The van der Waals surface area contributed by atoms with E-state index in [2.05, 4.69) is 32.0 Å². The zero-order valence-electron chi connectivity index (χ0n) is 11.1. The van der Waals surface area contributed by atoms with Crippen molar-refractivity contribution in [2.45, 2.75) is 26.4 Å². The molecule has 4 heteroatoms. The monoisotopic (exact) mass is 245 g/mol. The minimum absolute atomic E-state index is 0.0326. The summed E-state index contributed by atoms with van der Waals surface area (Å²) < 4.78 is 3.19. The van der Waals surface area contributed by atoms with E-state index in [0.717, 1.165) is 5.56 Å². The van der Waals surface area contributed by atoms with Gasteiger partial charge in [-0.25, -0.2) is 4.79 Å². The van der Waals surface area contributed by atoms with Gasteiger partial charge in [-0.1, -0.05) is 29.3 Å². The summed E-state index contributed by atoms with van der Waals surface area (Å²) in [6.45, 7) is 4.61. The predicted octanol–water partition coefficient (Wildman–Crippen LogP) is 1.50. The Morgan fingerprint density at radius 3 is 2.28 bits per heavy atom. The summed E-state index contributed by atoms with van der Waals surface area (Å²) >= 11 is 0. The van der Waals surface area contributed by atoms with Crippen molar-refractivity contribution in [2.75, 3.05) is 0 Å². The van der Waals surface area contributed by atoms with Gasteiger partial charge in [0.2, 0.25) is 0 Å². The number of aromatic nitrogens is 2. The summed E-state index contributed by atoms with van der Waals surface area (Å²) in [5.74, 6) is 0. The predicted molar refractivity (Wildman–Crippen MR) is 72.5 cm³/mol. The molecule has 96 valence electrons. The molecule has 0 bridgehead atoms. The Kier molecular flexibility index (Phi) is 3.39. The first-order valence-electron chi connectivity index (χ1n) is 6.03. The van der Waals surface area contributed by atoms with Crippen LogP contribution in [0, 0.1) is 13.8 Å². The summed E-state index contributed by atoms with van der Waals surface area (Å²) in [5.41, 5.74) is 9.60. The molecule has 2 rings (SSSR count). The van der Waals surface area contributed by atoms with Gasteiger partial charge in [-0.2, -0.15) is 0 Å². The largest absolute Gasteiger partial charge is 0.327 e. The second-order valence-electron chi connectivity index (χ2n) is 4.87. The van der Waals surface area contributed by atoms with Crippen molar-refractivity contribution >= 4 is 0 Å². The first-order chi connectivity index (χ1) is 8.47. The molecule has 18 heavy (non-hydrogen) atoms. The molecule has 0 amide bonds. The minimum atomic E-state index is -0.163. The fraction of sp³-hybridized carbons (Fsp3) is 0.357. The maximum absolute atomic E-state index is 11.7. The maximum atomic E-state index is 11.7. The smallest absolute Gasteiger partial charge is 0.322 e. The number of aryl methyl sites for hydroxylation is 3. The van der Waals surface area contributed by atoms with Crippen LogP contribution in [-0.4, -0.2) is 9.13 Å². The molecular weight excluding hydrogens is 226 g/mol. The Labute approximate surface area is 107 Å². The van der Waals surface area contributed by atoms with Gasteiger partial charge in [0, 0.05) is 32.0 Å². The van der Waals surface area contributed by atoms with Crippen LogP contribution in [-0.2, 0) is 13.6 Å². The lowest BCUT2D eigenvalue weighted by Gasteiger charge is -2.14. The van der Waals surface area contributed by atoms with Gasteiger partial charge in [-0.15, -0.1) is 0 Å². The molecule has 0 spiro atoms. The van der Waals surface area contributed by atoms with E-state index in [4.69, 9.17) is 5.73 Å². The van der Waals surface area contributed by atoms with Crippen molar-refractivity contribution in [3.8, 4) is 0 Å². The highest BCUT2D eigenvalue weighted by Crippen LogP contribution is 2.16. The van der Waals surface area contributed by atoms with E-state index in [0.29, 0.717) is 6.54 Å². The van der Waals surface area contributed by atoms with E-state index in [1.807, 2.05) is 0 Å². The average Bonchev–Trinajstić information content (AvgIpc) is 2.59. The first kappa shape index (κ1) is 12.6. The first-order valence-corrected chi connectivity index (χ1v) is 6.03. The average molecular weight is 245 g/mol. The maximum Gasteiger partial charge on any atom is 0.327 e. The quantitative estimate of drug-likeness (QED) is 0.891. The highest BCUT2D eigenvalue weighted by atomic mass is 16.1. The molecule has 0 aliphatic heterocycles. The fourth-order valence-electron chi connectivity index (χ4n) is 2.19. The van der Waals surface area contributed by atoms with Gasteiger partial charge in [-0.3, -0.25) is 4.57 Å². The van der Waals surface area contributed by atoms with Crippen LogP contribution in [0.25, 0.3) is 0 Å². The van der Waals surface area contributed by atoms with Crippen LogP contribution in [0.2, 0.25) is 0 Å². The molecule has 0 aliphatic rings. The normalized spacial score (nSPS) is 12.7. The van der Waals surface area contributed by atoms with Gasteiger partial charge in [0.25, 0.3) is 0 Å². The SMILES string of the molecule is Cc1cc(C)cc(C(N)Cn2ccn(C)c2=O)c1. The molecule has 0 saturated carbocycles. The molecular formula is C14H19N3O. The van der Waals surface area contributed by atoms with Gasteiger partial charge in [0.15, 0.2) is 0 Å². The fourth-order valence-corrected chi connectivity index (χ4v) is 2.19. The van der Waals surface area contributed by atoms with E-state index < -0.39 is 0 Å². The van der Waals surface area contributed by atoms with Crippen LogP contribution in [0.5, 0.6) is 0 Å². The molecule has 2 aromatic rings. The van der Waals surface area contributed by atoms with Crippen LogP contribution in [0.3, 0.4) is 0 Å².